The molecule has 0 bridgehead atoms. The molecule has 0 saturated heterocycles. The second-order valence-corrected chi connectivity index (χ2v) is 6.07. The van der Waals surface area contributed by atoms with Gasteiger partial charge in [0.25, 0.3) is 0 Å². The van der Waals surface area contributed by atoms with Gasteiger partial charge in [0.05, 0.1) is 6.61 Å². The van der Waals surface area contributed by atoms with E-state index in [2.05, 4.69) is 5.32 Å². The summed E-state index contributed by atoms with van der Waals surface area (Å²) in [7, 11) is 0. The zero-order valence-corrected chi connectivity index (χ0v) is 14.7. The summed E-state index contributed by atoms with van der Waals surface area (Å²) in [6.07, 6.45) is -0.113. The summed E-state index contributed by atoms with van der Waals surface area (Å²) in [5.74, 6) is -2.05. The van der Waals surface area contributed by atoms with Crippen molar-refractivity contribution in [2.24, 2.45) is 5.92 Å². The molecule has 1 aromatic carbocycles. The highest BCUT2D eigenvalue weighted by Gasteiger charge is 2.30. The average Bonchev–Trinajstić information content (AvgIpc) is 2.47. The molecule has 1 atom stereocenters. The van der Waals surface area contributed by atoms with E-state index in [1.165, 1.54) is 6.07 Å². The van der Waals surface area contributed by atoms with Crippen LogP contribution in [0.15, 0.2) is 18.2 Å². The normalized spacial score (nSPS) is 11.9. The molecule has 7 heteroatoms. The zero-order valence-electron chi connectivity index (χ0n) is 13.2. The van der Waals surface area contributed by atoms with Crippen molar-refractivity contribution in [3.05, 3.63) is 33.8 Å². The Labute approximate surface area is 145 Å². The third-order valence-corrected chi connectivity index (χ3v) is 3.62. The van der Waals surface area contributed by atoms with E-state index in [0.717, 1.165) is 0 Å². The molecule has 1 aromatic rings. The van der Waals surface area contributed by atoms with Crippen molar-refractivity contribution in [1.29, 1.82) is 0 Å². The van der Waals surface area contributed by atoms with Gasteiger partial charge in [-0.1, -0.05) is 43.1 Å². The van der Waals surface area contributed by atoms with Gasteiger partial charge < -0.3 is 10.1 Å². The third-order valence-electron chi connectivity index (χ3n) is 3.04. The van der Waals surface area contributed by atoms with Gasteiger partial charge in [-0.3, -0.25) is 9.59 Å². The first-order valence-electron chi connectivity index (χ1n) is 7.19. The minimum atomic E-state index is -1.35. The van der Waals surface area contributed by atoms with Crippen LogP contribution in [0, 0.1) is 5.92 Å². The van der Waals surface area contributed by atoms with E-state index in [1.807, 2.05) is 0 Å². The minimum absolute atomic E-state index is 0.113. The molecule has 0 aliphatic heterocycles. The molecule has 1 N–H and O–H groups in total. The Balaban J connectivity index is 2.94. The predicted octanol–water partition coefficient (Wildman–Crippen LogP) is 2.81. The summed E-state index contributed by atoms with van der Waals surface area (Å²) < 4.78 is 4.86. The largest absolute Gasteiger partial charge is 0.464 e. The van der Waals surface area contributed by atoms with E-state index in [1.54, 1.807) is 32.9 Å². The second kappa shape index (κ2) is 8.89. The zero-order chi connectivity index (χ0) is 17.6. The van der Waals surface area contributed by atoms with Crippen LogP contribution in [0.3, 0.4) is 0 Å². The lowest BCUT2D eigenvalue weighted by atomic mass is 10.0. The highest BCUT2D eigenvalue weighted by atomic mass is 35.5. The van der Waals surface area contributed by atoms with E-state index in [-0.39, 0.29) is 18.9 Å². The Morgan fingerprint density at radius 2 is 1.87 bits per heavy atom. The predicted molar refractivity (Wildman–Crippen MR) is 88.6 cm³/mol. The maximum absolute atomic E-state index is 12.4. The van der Waals surface area contributed by atoms with Crippen molar-refractivity contribution in [3.8, 4) is 0 Å². The van der Waals surface area contributed by atoms with Gasteiger partial charge in [0, 0.05) is 22.4 Å². The highest BCUT2D eigenvalue weighted by Crippen LogP contribution is 2.22. The van der Waals surface area contributed by atoms with Crippen LogP contribution in [-0.4, -0.2) is 30.3 Å². The first-order valence-corrected chi connectivity index (χ1v) is 7.95. The molecule has 0 aromatic heterocycles. The van der Waals surface area contributed by atoms with Crippen LogP contribution in [0.25, 0.3) is 0 Å². The standard InChI is InChI=1S/C16H19Cl2NO4/c1-4-23-16(22)14(19-15(21)9(2)3)13(20)7-10-5-6-11(17)8-12(10)18/h5-6,8-9,14H,4,7H2,1-3H3,(H,19,21). The smallest absolute Gasteiger partial charge is 0.336 e. The number of amides is 1. The SMILES string of the molecule is CCOC(=O)C(NC(=O)C(C)C)C(=O)Cc1ccc(Cl)cc1Cl. The van der Waals surface area contributed by atoms with Crippen LogP contribution in [-0.2, 0) is 25.5 Å². The van der Waals surface area contributed by atoms with Gasteiger partial charge in [-0.2, -0.15) is 0 Å². The first-order chi connectivity index (χ1) is 10.8. The van der Waals surface area contributed by atoms with Gasteiger partial charge in [0.15, 0.2) is 11.8 Å². The number of halogens is 2. The molecular formula is C16H19Cl2NO4. The average molecular weight is 360 g/mol. The Morgan fingerprint density at radius 1 is 1.22 bits per heavy atom. The van der Waals surface area contributed by atoms with E-state index in [9.17, 15) is 14.4 Å². The number of ether oxygens (including phenoxy) is 1. The maximum atomic E-state index is 12.4. The van der Waals surface area contributed by atoms with Crippen LogP contribution in [0.2, 0.25) is 10.0 Å². The van der Waals surface area contributed by atoms with Gasteiger partial charge in [-0.15, -0.1) is 0 Å². The number of rotatable bonds is 7. The minimum Gasteiger partial charge on any atom is -0.464 e. The molecule has 126 valence electrons. The maximum Gasteiger partial charge on any atom is 0.336 e. The number of carbonyl (C=O) groups excluding carboxylic acids is 3. The summed E-state index contributed by atoms with van der Waals surface area (Å²) in [5, 5.41) is 3.19. The molecule has 0 aliphatic carbocycles. The number of ketones is 1. The molecule has 0 heterocycles. The van der Waals surface area contributed by atoms with Crippen LogP contribution in [0.1, 0.15) is 26.3 Å². The Morgan fingerprint density at radius 3 is 2.39 bits per heavy atom. The number of hydrogen-bond donors (Lipinski definition) is 1. The Kier molecular flexibility index (Phi) is 7.52. The summed E-state index contributed by atoms with van der Waals surface area (Å²) in [6.45, 7) is 5.07. The van der Waals surface area contributed by atoms with E-state index >= 15 is 0 Å². The Hall–Kier alpha value is -1.59. The third kappa shape index (κ3) is 5.84. The number of benzene rings is 1. The molecule has 0 spiro atoms. The van der Waals surface area contributed by atoms with Crippen molar-refractivity contribution in [1.82, 2.24) is 5.32 Å². The van der Waals surface area contributed by atoms with Crippen LogP contribution < -0.4 is 5.32 Å². The topological polar surface area (TPSA) is 72.5 Å². The molecule has 1 unspecified atom stereocenters. The van der Waals surface area contributed by atoms with Crippen molar-refractivity contribution in [2.75, 3.05) is 6.61 Å². The lowest BCUT2D eigenvalue weighted by Crippen LogP contribution is -2.49. The van der Waals surface area contributed by atoms with E-state index in [4.69, 9.17) is 27.9 Å². The quantitative estimate of drug-likeness (QED) is 0.600. The summed E-state index contributed by atoms with van der Waals surface area (Å²) >= 11 is 11.8. The molecule has 0 saturated carbocycles. The Bertz CT molecular complexity index is 602. The van der Waals surface area contributed by atoms with Gasteiger partial charge in [0.2, 0.25) is 5.91 Å². The molecule has 0 radical (unpaired) electrons. The van der Waals surface area contributed by atoms with Gasteiger partial charge in [-0.05, 0) is 24.6 Å². The van der Waals surface area contributed by atoms with Crippen LogP contribution >= 0.6 is 23.2 Å². The van der Waals surface area contributed by atoms with Gasteiger partial charge in [-0.25, -0.2) is 4.79 Å². The number of hydrogen-bond acceptors (Lipinski definition) is 4. The van der Waals surface area contributed by atoms with Gasteiger partial charge >= 0.3 is 5.97 Å². The molecule has 0 fully saturated rings. The summed E-state index contributed by atoms with van der Waals surface area (Å²) in [4.78, 5) is 36.2. The fourth-order valence-corrected chi connectivity index (χ4v) is 2.24. The summed E-state index contributed by atoms with van der Waals surface area (Å²) in [5.41, 5.74) is 0.522. The van der Waals surface area contributed by atoms with Crippen molar-refractivity contribution < 1.29 is 19.1 Å². The molecular weight excluding hydrogens is 341 g/mol. The molecule has 5 nitrogen and oxygen atoms in total. The summed E-state index contributed by atoms with van der Waals surface area (Å²) in [6, 6.07) is 3.37. The van der Waals surface area contributed by atoms with Crippen molar-refractivity contribution in [3.63, 3.8) is 0 Å². The first kappa shape index (κ1) is 19.5. The van der Waals surface area contributed by atoms with Gasteiger partial charge in [0.1, 0.15) is 0 Å². The molecule has 0 aliphatic rings. The number of carbonyl (C=O) groups is 3. The van der Waals surface area contributed by atoms with Crippen LogP contribution in [0.5, 0.6) is 0 Å². The van der Waals surface area contributed by atoms with E-state index in [0.29, 0.717) is 15.6 Å². The van der Waals surface area contributed by atoms with E-state index < -0.39 is 23.7 Å². The molecule has 1 rings (SSSR count). The second-order valence-electron chi connectivity index (χ2n) is 5.23. The molecule has 1 amide bonds. The van der Waals surface area contributed by atoms with Crippen molar-refractivity contribution >= 4 is 40.9 Å². The highest BCUT2D eigenvalue weighted by molar-refractivity contribution is 6.35. The fourth-order valence-electron chi connectivity index (χ4n) is 1.76. The number of Topliss-reactive ketones (excluding diaryl/α,β-unsaturated/α-hetero) is 1. The lowest BCUT2D eigenvalue weighted by molar-refractivity contribution is -0.150. The van der Waals surface area contributed by atoms with Crippen LogP contribution in [0.4, 0.5) is 0 Å². The lowest BCUT2D eigenvalue weighted by Gasteiger charge is -2.18. The number of esters is 1. The fraction of sp³-hybridized carbons (Fsp3) is 0.438. The number of nitrogens with one attached hydrogen (secondary N) is 1. The molecule has 23 heavy (non-hydrogen) atoms. The van der Waals surface area contributed by atoms with Crippen molar-refractivity contribution in [2.45, 2.75) is 33.2 Å². The monoisotopic (exact) mass is 359 g/mol.